The van der Waals surface area contributed by atoms with Gasteiger partial charge in [0.25, 0.3) is 5.90 Å². The van der Waals surface area contributed by atoms with Crippen LogP contribution in [0.3, 0.4) is 0 Å². The first-order chi connectivity index (χ1) is 11.4. The maximum absolute atomic E-state index is 6.08. The molecule has 23 heavy (non-hydrogen) atoms. The van der Waals surface area contributed by atoms with E-state index in [0.29, 0.717) is 5.90 Å². The normalized spacial score (nSPS) is 16.8. The van der Waals surface area contributed by atoms with Crippen molar-refractivity contribution in [2.75, 3.05) is 5.06 Å². The molecule has 0 aliphatic carbocycles. The van der Waals surface area contributed by atoms with Gasteiger partial charge in [-0.2, -0.15) is 5.06 Å². The maximum Gasteiger partial charge on any atom is 0.251 e. The Morgan fingerprint density at radius 1 is 0.696 bits per heavy atom. The zero-order valence-electron chi connectivity index (χ0n) is 12.5. The second kappa shape index (κ2) is 5.97. The molecular weight excluding hydrogens is 284 g/mol. The quantitative estimate of drug-likeness (QED) is 0.707. The van der Waals surface area contributed by atoms with E-state index in [4.69, 9.17) is 9.83 Å². The largest absolute Gasteiger partial charge is 0.356 e. The van der Waals surface area contributed by atoms with Gasteiger partial charge in [-0.05, 0) is 29.8 Å². The van der Waals surface area contributed by atoms with Gasteiger partial charge in [0.15, 0.2) is 6.17 Å². The lowest BCUT2D eigenvalue weighted by Gasteiger charge is -2.23. The second-order valence-electron chi connectivity index (χ2n) is 5.34. The highest BCUT2D eigenvalue weighted by Gasteiger charge is 2.30. The molecule has 1 unspecified atom stereocenters. The molecule has 0 bridgehead atoms. The summed E-state index contributed by atoms with van der Waals surface area (Å²) in [5.74, 6) is 0.642. The number of anilines is 1. The zero-order chi connectivity index (χ0) is 15.5. The molecule has 0 N–H and O–H groups in total. The number of aliphatic imine (C=N–C) groups is 1. The fraction of sp³-hybridized carbons (Fsp3) is 0.0500. The van der Waals surface area contributed by atoms with Gasteiger partial charge in [0.2, 0.25) is 0 Å². The van der Waals surface area contributed by atoms with Crippen LogP contribution in [0.4, 0.5) is 5.69 Å². The number of hydroxylamine groups is 1. The molecule has 3 nitrogen and oxygen atoms in total. The summed E-state index contributed by atoms with van der Waals surface area (Å²) in [6.07, 6.45) is -0.186. The van der Waals surface area contributed by atoms with Gasteiger partial charge in [-0.15, -0.1) is 0 Å². The van der Waals surface area contributed by atoms with Crippen LogP contribution in [-0.2, 0) is 4.84 Å². The van der Waals surface area contributed by atoms with Crippen molar-refractivity contribution in [2.24, 2.45) is 4.99 Å². The van der Waals surface area contributed by atoms with Crippen molar-refractivity contribution in [2.45, 2.75) is 6.17 Å². The minimum absolute atomic E-state index is 0.186. The fourth-order valence-corrected chi connectivity index (χ4v) is 2.64. The van der Waals surface area contributed by atoms with Gasteiger partial charge in [-0.1, -0.05) is 66.7 Å². The molecule has 0 radical (unpaired) electrons. The minimum atomic E-state index is -0.186. The first-order valence-electron chi connectivity index (χ1n) is 7.62. The van der Waals surface area contributed by atoms with Crippen LogP contribution in [0.2, 0.25) is 0 Å². The number of hydrogen-bond donors (Lipinski definition) is 0. The fourth-order valence-electron chi connectivity index (χ4n) is 2.64. The highest BCUT2D eigenvalue weighted by Crippen LogP contribution is 2.34. The Hall–Kier alpha value is -3.07. The molecule has 0 fully saturated rings. The van der Waals surface area contributed by atoms with Crippen LogP contribution in [0.15, 0.2) is 96.0 Å². The van der Waals surface area contributed by atoms with E-state index in [-0.39, 0.29) is 6.17 Å². The molecule has 3 heteroatoms. The summed E-state index contributed by atoms with van der Waals surface area (Å²) in [6, 6.07) is 30.2. The lowest BCUT2D eigenvalue weighted by Crippen LogP contribution is -2.23. The monoisotopic (exact) mass is 300 g/mol. The smallest absolute Gasteiger partial charge is 0.251 e. The third-order valence-corrected chi connectivity index (χ3v) is 3.78. The van der Waals surface area contributed by atoms with Crippen LogP contribution in [0, 0.1) is 0 Å². The summed E-state index contributed by atoms with van der Waals surface area (Å²) in [7, 11) is 0. The Morgan fingerprint density at radius 2 is 1.26 bits per heavy atom. The predicted molar refractivity (Wildman–Crippen MR) is 92.2 cm³/mol. The average Bonchev–Trinajstić information content (AvgIpc) is 3.09. The Labute approximate surface area is 135 Å². The van der Waals surface area contributed by atoms with Gasteiger partial charge in [0, 0.05) is 5.56 Å². The number of nitrogens with zero attached hydrogens (tertiary/aromatic N) is 2. The molecule has 4 rings (SSSR count). The molecule has 1 aliphatic rings. The second-order valence-corrected chi connectivity index (χ2v) is 5.34. The van der Waals surface area contributed by atoms with Gasteiger partial charge in [0.05, 0.1) is 5.69 Å². The van der Waals surface area contributed by atoms with Crippen molar-refractivity contribution in [3.05, 3.63) is 102 Å². The molecule has 0 saturated carbocycles. The molecule has 0 amide bonds. The Morgan fingerprint density at radius 3 is 1.91 bits per heavy atom. The molecule has 112 valence electrons. The van der Waals surface area contributed by atoms with Crippen molar-refractivity contribution in [3.63, 3.8) is 0 Å². The van der Waals surface area contributed by atoms with Crippen LogP contribution >= 0.6 is 0 Å². The number of para-hydroxylation sites is 1. The number of hydrogen-bond acceptors (Lipinski definition) is 3. The molecular formula is C20H16N2O. The molecule has 1 atom stereocenters. The summed E-state index contributed by atoms with van der Waals surface area (Å²) < 4.78 is 0. The molecule has 1 aliphatic heterocycles. The lowest BCUT2D eigenvalue weighted by atomic mass is 10.1. The Kier molecular flexibility index (Phi) is 3.53. The van der Waals surface area contributed by atoms with E-state index in [1.54, 1.807) is 0 Å². The molecule has 0 spiro atoms. The molecule has 1 heterocycles. The van der Waals surface area contributed by atoms with Crippen LogP contribution in [0.1, 0.15) is 17.3 Å². The van der Waals surface area contributed by atoms with Crippen molar-refractivity contribution in [3.8, 4) is 0 Å². The molecule has 0 saturated heterocycles. The average molecular weight is 300 g/mol. The van der Waals surface area contributed by atoms with Crippen LogP contribution in [0.5, 0.6) is 0 Å². The van der Waals surface area contributed by atoms with E-state index in [1.807, 2.05) is 83.9 Å². The summed E-state index contributed by atoms with van der Waals surface area (Å²) in [6.45, 7) is 0. The Bertz CT molecular complexity index is 801. The van der Waals surface area contributed by atoms with Gasteiger partial charge >= 0.3 is 0 Å². The lowest BCUT2D eigenvalue weighted by molar-refractivity contribution is 0.269. The standard InChI is InChI=1S/C20H16N2O/c1-4-10-16(11-5-1)19-21-20(17-12-6-2-7-13-17)23-22(19)18-14-8-3-9-15-18/h1-15,19H. The van der Waals surface area contributed by atoms with Gasteiger partial charge in [-0.3, -0.25) is 0 Å². The van der Waals surface area contributed by atoms with Gasteiger partial charge in [-0.25, -0.2) is 4.99 Å². The van der Waals surface area contributed by atoms with E-state index in [2.05, 4.69) is 12.1 Å². The number of benzene rings is 3. The Balaban J connectivity index is 1.75. The molecule has 3 aromatic carbocycles. The van der Waals surface area contributed by atoms with E-state index in [0.717, 1.165) is 16.8 Å². The van der Waals surface area contributed by atoms with Crippen molar-refractivity contribution >= 4 is 11.6 Å². The van der Waals surface area contributed by atoms with Crippen molar-refractivity contribution in [1.82, 2.24) is 0 Å². The van der Waals surface area contributed by atoms with E-state index < -0.39 is 0 Å². The van der Waals surface area contributed by atoms with Gasteiger partial charge < -0.3 is 4.84 Å². The maximum atomic E-state index is 6.08. The van der Waals surface area contributed by atoms with Gasteiger partial charge in [0.1, 0.15) is 0 Å². The van der Waals surface area contributed by atoms with E-state index >= 15 is 0 Å². The van der Waals surface area contributed by atoms with Crippen LogP contribution in [0.25, 0.3) is 0 Å². The third kappa shape index (κ3) is 2.69. The summed E-state index contributed by atoms with van der Waals surface area (Å²) >= 11 is 0. The summed E-state index contributed by atoms with van der Waals surface area (Å²) in [5, 5.41) is 1.86. The molecule has 3 aromatic rings. The topological polar surface area (TPSA) is 24.8 Å². The minimum Gasteiger partial charge on any atom is -0.356 e. The van der Waals surface area contributed by atoms with Crippen LogP contribution in [-0.4, -0.2) is 5.90 Å². The van der Waals surface area contributed by atoms with E-state index in [1.165, 1.54) is 0 Å². The van der Waals surface area contributed by atoms with E-state index in [9.17, 15) is 0 Å². The SMILES string of the molecule is c1ccc(C2=NC(c3ccccc3)N(c3ccccc3)O2)cc1. The third-order valence-electron chi connectivity index (χ3n) is 3.78. The molecule has 0 aromatic heterocycles. The summed E-state index contributed by atoms with van der Waals surface area (Å²) in [5.41, 5.74) is 3.06. The highest BCUT2D eigenvalue weighted by atomic mass is 16.7. The van der Waals surface area contributed by atoms with Crippen LogP contribution < -0.4 is 5.06 Å². The highest BCUT2D eigenvalue weighted by molar-refractivity contribution is 5.96. The first kappa shape index (κ1) is 13.6. The van der Waals surface area contributed by atoms with Crippen molar-refractivity contribution in [1.29, 1.82) is 0 Å². The van der Waals surface area contributed by atoms with Crippen molar-refractivity contribution < 1.29 is 4.84 Å². The zero-order valence-corrected chi connectivity index (χ0v) is 12.5. The predicted octanol–water partition coefficient (Wildman–Crippen LogP) is 4.58. The first-order valence-corrected chi connectivity index (χ1v) is 7.62. The number of rotatable bonds is 3. The summed E-state index contributed by atoms with van der Waals surface area (Å²) in [4.78, 5) is 10.9.